The molecule has 1 aliphatic rings. The highest BCUT2D eigenvalue weighted by atomic mass is 32.2. The van der Waals surface area contributed by atoms with Gasteiger partial charge in [-0.05, 0) is 91.0 Å². The number of carbonyl (C=O) groups is 2. The molecular formula is C29H30FNO5S. The van der Waals surface area contributed by atoms with E-state index < -0.39 is 16.1 Å². The Balaban J connectivity index is 1.26. The molecule has 0 radical (unpaired) electrons. The van der Waals surface area contributed by atoms with E-state index in [1.165, 1.54) is 0 Å². The standard InChI is InChI=1S/C29H30FNO5S/c1-3-6-21-19-25(36-24-14-12-23(34-2)13-15-24)16-17-26(21)35-18-5-4-7-20-8-10-22(11-9-20)29(30)27(32)31-28(33)37-29/h8-17,19H,3-7,18H2,1-2H3,(H,31,32,33). The lowest BCUT2D eigenvalue weighted by Crippen LogP contribution is -2.30. The highest BCUT2D eigenvalue weighted by Crippen LogP contribution is 2.42. The first kappa shape index (κ1) is 26.5. The van der Waals surface area contributed by atoms with Crippen molar-refractivity contribution in [2.45, 2.75) is 44.0 Å². The first-order chi connectivity index (χ1) is 17.9. The largest absolute Gasteiger partial charge is 0.497 e. The predicted octanol–water partition coefficient (Wildman–Crippen LogP) is 6.95. The molecule has 0 spiro atoms. The molecule has 1 aliphatic heterocycles. The van der Waals surface area contributed by atoms with E-state index in [-0.39, 0.29) is 5.56 Å². The van der Waals surface area contributed by atoms with Gasteiger partial charge in [0.1, 0.15) is 23.0 Å². The van der Waals surface area contributed by atoms with E-state index in [1.54, 1.807) is 31.4 Å². The molecule has 1 saturated heterocycles. The van der Waals surface area contributed by atoms with Gasteiger partial charge in [0.05, 0.1) is 13.7 Å². The van der Waals surface area contributed by atoms with Gasteiger partial charge in [0.25, 0.3) is 16.1 Å². The van der Waals surface area contributed by atoms with E-state index >= 15 is 0 Å². The van der Waals surface area contributed by atoms with Crippen molar-refractivity contribution in [1.82, 2.24) is 5.32 Å². The van der Waals surface area contributed by atoms with Gasteiger partial charge in [-0.2, -0.15) is 0 Å². The van der Waals surface area contributed by atoms with Gasteiger partial charge >= 0.3 is 0 Å². The number of nitrogens with one attached hydrogen (secondary N) is 1. The van der Waals surface area contributed by atoms with Crippen molar-refractivity contribution >= 4 is 22.9 Å². The Hall–Kier alpha value is -3.52. The molecule has 0 saturated carbocycles. The monoisotopic (exact) mass is 523 g/mol. The number of amides is 2. The summed E-state index contributed by atoms with van der Waals surface area (Å²) in [6, 6.07) is 20.1. The van der Waals surface area contributed by atoms with E-state index in [0.717, 1.165) is 66.2 Å². The quantitative estimate of drug-likeness (QED) is 0.259. The maximum absolute atomic E-state index is 14.9. The van der Waals surface area contributed by atoms with Crippen LogP contribution < -0.4 is 19.5 Å². The van der Waals surface area contributed by atoms with Crippen LogP contribution in [0.5, 0.6) is 23.0 Å². The van der Waals surface area contributed by atoms with Crippen LogP contribution in [0.4, 0.5) is 9.18 Å². The van der Waals surface area contributed by atoms with Crippen LogP contribution in [0.1, 0.15) is 42.9 Å². The van der Waals surface area contributed by atoms with Crippen LogP contribution in [0.2, 0.25) is 0 Å². The molecule has 4 rings (SSSR count). The first-order valence-corrected chi connectivity index (χ1v) is 13.1. The van der Waals surface area contributed by atoms with Gasteiger partial charge in [0.2, 0.25) is 0 Å². The maximum Gasteiger partial charge on any atom is 0.289 e. The lowest BCUT2D eigenvalue weighted by atomic mass is 10.0. The molecule has 1 atom stereocenters. The van der Waals surface area contributed by atoms with Crippen molar-refractivity contribution in [3.05, 3.63) is 83.4 Å². The minimum Gasteiger partial charge on any atom is -0.497 e. The number of rotatable bonds is 12. The van der Waals surface area contributed by atoms with E-state index in [1.807, 2.05) is 47.8 Å². The molecule has 1 heterocycles. The van der Waals surface area contributed by atoms with Crippen molar-refractivity contribution in [3.63, 3.8) is 0 Å². The smallest absolute Gasteiger partial charge is 0.289 e. The molecule has 194 valence electrons. The number of aryl methyl sites for hydroxylation is 2. The second-order valence-corrected chi connectivity index (χ2v) is 9.88. The fourth-order valence-electron chi connectivity index (χ4n) is 4.07. The maximum atomic E-state index is 14.9. The van der Waals surface area contributed by atoms with Gasteiger partial charge in [-0.25, -0.2) is 4.39 Å². The Morgan fingerprint density at radius 1 is 0.892 bits per heavy atom. The average Bonchev–Trinajstić information content (AvgIpc) is 3.17. The summed E-state index contributed by atoms with van der Waals surface area (Å²) >= 11 is 0.369. The topological polar surface area (TPSA) is 73.9 Å². The molecule has 1 N–H and O–H groups in total. The van der Waals surface area contributed by atoms with Gasteiger partial charge in [0.15, 0.2) is 0 Å². The molecule has 6 nitrogen and oxygen atoms in total. The van der Waals surface area contributed by atoms with Crippen LogP contribution in [0.3, 0.4) is 0 Å². The average molecular weight is 524 g/mol. The van der Waals surface area contributed by atoms with Gasteiger partial charge < -0.3 is 14.2 Å². The van der Waals surface area contributed by atoms with E-state index in [4.69, 9.17) is 14.2 Å². The number of hydrogen-bond donors (Lipinski definition) is 1. The summed E-state index contributed by atoms with van der Waals surface area (Å²) in [4.78, 5) is 23.1. The van der Waals surface area contributed by atoms with Gasteiger partial charge in [-0.3, -0.25) is 14.9 Å². The van der Waals surface area contributed by atoms with Gasteiger partial charge in [-0.1, -0.05) is 37.6 Å². The first-order valence-electron chi connectivity index (χ1n) is 12.3. The summed E-state index contributed by atoms with van der Waals surface area (Å²) in [5, 5.41) is -1.02. The number of benzene rings is 3. The normalized spacial score (nSPS) is 16.9. The van der Waals surface area contributed by atoms with Crippen LogP contribution in [-0.4, -0.2) is 24.9 Å². The van der Waals surface area contributed by atoms with Crippen LogP contribution in [0.15, 0.2) is 66.7 Å². The van der Waals surface area contributed by atoms with Gasteiger partial charge in [0, 0.05) is 5.56 Å². The predicted molar refractivity (Wildman–Crippen MR) is 142 cm³/mol. The Bertz CT molecular complexity index is 1230. The molecule has 2 amide bonds. The minimum absolute atomic E-state index is 0.177. The molecule has 1 fully saturated rings. The van der Waals surface area contributed by atoms with Crippen LogP contribution >= 0.6 is 11.8 Å². The van der Waals surface area contributed by atoms with Crippen LogP contribution in [-0.2, 0) is 22.6 Å². The van der Waals surface area contributed by atoms with Crippen LogP contribution in [0, 0.1) is 0 Å². The second kappa shape index (κ2) is 12.1. The fraction of sp³-hybridized carbons (Fsp3) is 0.310. The number of methoxy groups -OCH3 is 1. The Morgan fingerprint density at radius 2 is 1.59 bits per heavy atom. The van der Waals surface area contributed by atoms with Crippen molar-refractivity contribution in [2.75, 3.05) is 13.7 Å². The molecule has 0 aromatic heterocycles. The third kappa shape index (κ3) is 6.63. The number of thioether (sulfide) groups is 1. The molecular weight excluding hydrogens is 493 g/mol. The summed E-state index contributed by atoms with van der Waals surface area (Å²) in [6.07, 6.45) is 4.44. The summed E-state index contributed by atoms with van der Waals surface area (Å²) in [5.74, 6) is 2.23. The number of hydrogen-bond acceptors (Lipinski definition) is 6. The number of unbranched alkanes of at least 4 members (excludes halogenated alkanes) is 1. The highest BCUT2D eigenvalue weighted by Gasteiger charge is 2.50. The Labute approximate surface area is 220 Å². The Morgan fingerprint density at radius 3 is 2.24 bits per heavy atom. The van der Waals surface area contributed by atoms with E-state index in [9.17, 15) is 14.0 Å². The molecule has 1 unspecified atom stereocenters. The number of ether oxygens (including phenoxy) is 3. The highest BCUT2D eigenvalue weighted by molar-refractivity contribution is 8.15. The van der Waals surface area contributed by atoms with Crippen molar-refractivity contribution in [3.8, 4) is 23.0 Å². The number of alkyl halides is 1. The second-order valence-electron chi connectivity index (χ2n) is 8.74. The molecule has 3 aromatic carbocycles. The number of halogens is 1. The summed E-state index contributed by atoms with van der Waals surface area (Å²) in [6.45, 7) is 2.71. The van der Waals surface area contributed by atoms with Crippen molar-refractivity contribution < 1.29 is 28.2 Å². The lowest BCUT2D eigenvalue weighted by molar-refractivity contribution is -0.126. The molecule has 8 heteroatoms. The SMILES string of the molecule is CCCc1cc(Oc2ccc(OC)cc2)ccc1OCCCCc1ccc(C2(F)SC(=O)NC2=O)cc1. The van der Waals surface area contributed by atoms with E-state index in [2.05, 4.69) is 6.92 Å². The zero-order valence-corrected chi connectivity index (χ0v) is 21.7. The number of imide groups is 1. The van der Waals surface area contributed by atoms with Crippen LogP contribution in [0.25, 0.3) is 0 Å². The van der Waals surface area contributed by atoms with Crippen molar-refractivity contribution in [1.29, 1.82) is 0 Å². The van der Waals surface area contributed by atoms with E-state index in [0.29, 0.717) is 18.4 Å². The zero-order valence-electron chi connectivity index (χ0n) is 20.9. The fourth-order valence-corrected chi connectivity index (χ4v) is 4.86. The minimum atomic E-state index is -2.35. The number of carbonyl (C=O) groups excluding carboxylic acids is 2. The Kier molecular flexibility index (Phi) is 8.71. The molecule has 3 aromatic rings. The van der Waals surface area contributed by atoms with Crippen molar-refractivity contribution in [2.24, 2.45) is 0 Å². The summed E-state index contributed by atoms with van der Waals surface area (Å²) < 4.78 is 32.2. The third-order valence-corrected chi connectivity index (χ3v) is 7.02. The molecule has 37 heavy (non-hydrogen) atoms. The third-order valence-electron chi connectivity index (χ3n) is 6.03. The molecule has 0 bridgehead atoms. The zero-order chi connectivity index (χ0) is 26.3. The lowest BCUT2D eigenvalue weighted by Gasteiger charge is -2.15. The van der Waals surface area contributed by atoms with Gasteiger partial charge in [-0.15, -0.1) is 0 Å². The summed E-state index contributed by atoms with van der Waals surface area (Å²) in [5.41, 5.74) is 2.32. The molecule has 0 aliphatic carbocycles. The summed E-state index contributed by atoms with van der Waals surface area (Å²) in [7, 11) is 1.63.